The van der Waals surface area contributed by atoms with Gasteiger partial charge in [-0.05, 0) is 5.92 Å². The zero-order valence-corrected chi connectivity index (χ0v) is 5.92. The van der Waals surface area contributed by atoms with Crippen molar-refractivity contribution >= 4 is 12.1 Å². The average molecular weight is 157 g/mol. The lowest BCUT2D eigenvalue weighted by Crippen LogP contribution is -2.13. The van der Waals surface area contributed by atoms with E-state index in [1.807, 2.05) is 5.92 Å². The molecule has 0 atom stereocenters. The van der Waals surface area contributed by atoms with E-state index in [0.717, 1.165) is 0 Å². The minimum atomic E-state index is -0.927. The van der Waals surface area contributed by atoms with E-state index in [2.05, 4.69) is 21.1 Å². The zero-order valence-electron chi connectivity index (χ0n) is 5.92. The third-order valence-corrected chi connectivity index (χ3v) is 0.662. The van der Waals surface area contributed by atoms with Crippen molar-refractivity contribution < 1.29 is 19.1 Å². The molecule has 0 heterocycles. The molecule has 0 bridgehead atoms. The van der Waals surface area contributed by atoms with Crippen molar-refractivity contribution in [3.05, 3.63) is 0 Å². The van der Waals surface area contributed by atoms with Crippen molar-refractivity contribution in [1.82, 2.24) is 0 Å². The maximum absolute atomic E-state index is 10.3. The van der Waals surface area contributed by atoms with E-state index in [1.165, 1.54) is 7.11 Å². The van der Waals surface area contributed by atoms with Gasteiger partial charge >= 0.3 is 12.1 Å². The van der Waals surface area contributed by atoms with E-state index < -0.39 is 12.1 Å². The summed E-state index contributed by atoms with van der Waals surface area (Å²) in [5.74, 6) is 3.58. The molecule has 0 aliphatic heterocycles. The molecule has 0 saturated heterocycles. The molecule has 0 fully saturated rings. The van der Waals surface area contributed by atoms with Crippen LogP contribution in [0.2, 0.25) is 0 Å². The summed E-state index contributed by atoms with van der Waals surface area (Å²) in [7, 11) is 1.20. The fourth-order valence-corrected chi connectivity index (χ4v) is 0.266. The summed E-state index contributed by atoms with van der Waals surface area (Å²) in [4.78, 5) is 20.2. The van der Waals surface area contributed by atoms with Gasteiger partial charge in [0.2, 0.25) is 0 Å². The van der Waals surface area contributed by atoms with Gasteiger partial charge in [0.05, 0.1) is 7.11 Å². The minimum Gasteiger partial charge on any atom is -0.459 e. The number of hydrogen-bond acceptors (Lipinski definition) is 4. The first-order chi connectivity index (χ1) is 5.16. The molecular weight excluding hydrogens is 150 g/mol. The highest BCUT2D eigenvalue weighted by molar-refractivity contribution is 5.88. The minimum absolute atomic E-state index is 0.204. The third-order valence-electron chi connectivity index (χ3n) is 0.662. The first-order valence-electron chi connectivity index (χ1n) is 2.66. The molecule has 0 radical (unpaired) electrons. The van der Waals surface area contributed by atoms with Gasteiger partial charge in [0.15, 0.2) is 6.61 Å². The lowest BCUT2D eigenvalue weighted by molar-refractivity contribution is -0.133. The van der Waals surface area contributed by atoms with Crippen LogP contribution in [0.1, 0.15) is 0 Å². The molecule has 0 aliphatic rings. The van der Waals surface area contributed by atoms with Crippen LogP contribution in [-0.2, 0) is 14.3 Å². The highest BCUT2D eigenvalue weighted by Gasteiger charge is 1.90. The van der Waals surface area contributed by atoms with Gasteiger partial charge in [-0.25, -0.2) is 9.59 Å². The number of methoxy groups -OCH3 is 1. The van der Waals surface area contributed by atoms with Gasteiger partial charge in [0.1, 0.15) is 0 Å². The standard InChI is InChI=1S/C6H7NO4/c1-10-5(8)3-2-4-11-6(7)9/h4H2,1H3,(H2,7,9). The van der Waals surface area contributed by atoms with Gasteiger partial charge in [-0.15, -0.1) is 0 Å². The second-order valence-electron chi connectivity index (χ2n) is 1.40. The van der Waals surface area contributed by atoms with Crippen LogP contribution in [-0.4, -0.2) is 25.8 Å². The Bertz CT molecular complexity index is 212. The van der Waals surface area contributed by atoms with Crippen LogP contribution >= 0.6 is 0 Å². The number of carbonyl (C=O) groups excluding carboxylic acids is 2. The van der Waals surface area contributed by atoms with Crippen molar-refractivity contribution in [1.29, 1.82) is 0 Å². The molecule has 0 aromatic heterocycles. The molecule has 11 heavy (non-hydrogen) atoms. The Morgan fingerprint density at radius 2 is 2.18 bits per heavy atom. The topological polar surface area (TPSA) is 78.6 Å². The molecule has 1 amide bonds. The van der Waals surface area contributed by atoms with Crippen LogP contribution in [0.15, 0.2) is 0 Å². The molecule has 60 valence electrons. The largest absolute Gasteiger partial charge is 0.459 e. The summed E-state index contributed by atoms with van der Waals surface area (Å²) < 4.78 is 8.37. The second-order valence-corrected chi connectivity index (χ2v) is 1.40. The fourth-order valence-electron chi connectivity index (χ4n) is 0.266. The maximum atomic E-state index is 10.3. The van der Waals surface area contributed by atoms with Crippen LogP contribution in [0.3, 0.4) is 0 Å². The Morgan fingerprint density at radius 1 is 1.55 bits per heavy atom. The predicted octanol–water partition coefficient (Wildman–Crippen LogP) is -0.742. The maximum Gasteiger partial charge on any atom is 0.405 e. The van der Waals surface area contributed by atoms with E-state index in [0.29, 0.717) is 0 Å². The molecule has 2 N–H and O–H groups in total. The quantitative estimate of drug-likeness (QED) is 0.309. The number of amides is 1. The van der Waals surface area contributed by atoms with Gasteiger partial charge in [-0.3, -0.25) is 0 Å². The van der Waals surface area contributed by atoms with Crippen molar-refractivity contribution in [2.75, 3.05) is 13.7 Å². The Labute approximate surface area is 63.5 Å². The van der Waals surface area contributed by atoms with Crippen molar-refractivity contribution in [2.45, 2.75) is 0 Å². The predicted molar refractivity (Wildman–Crippen MR) is 35.3 cm³/mol. The highest BCUT2D eigenvalue weighted by Crippen LogP contribution is 1.71. The van der Waals surface area contributed by atoms with Crippen molar-refractivity contribution in [3.63, 3.8) is 0 Å². The number of hydrogen-bond donors (Lipinski definition) is 1. The van der Waals surface area contributed by atoms with Crippen molar-refractivity contribution in [2.24, 2.45) is 5.73 Å². The summed E-state index contributed by atoms with van der Waals surface area (Å²) >= 11 is 0. The fraction of sp³-hybridized carbons (Fsp3) is 0.333. The van der Waals surface area contributed by atoms with Crippen LogP contribution in [0.4, 0.5) is 4.79 Å². The van der Waals surface area contributed by atoms with Gasteiger partial charge in [0, 0.05) is 5.92 Å². The Morgan fingerprint density at radius 3 is 2.64 bits per heavy atom. The molecule has 0 unspecified atom stereocenters. The normalized spacial score (nSPS) is 7.36. The third kappa shape index (κ3) is 6.18. The van der Waals surface area contributed by atoms with Gasteiger partial charge < -0.3 is 15.2 Å². The van der Waals surface area contributed by atoms with E-state index in [-0.39, 0.29) is 6.61 Å². The number of esters is 1. The van der Waals surface area contributed by atoms with Crippen LogP contribution < -0.4 is 5.73 Å². The molecule has 0 rings (SSSR count). The highest BCUT2D eigenvalue weighted by atomic mass is 16.5. The smallest absolute Gasteiger partial charge is 0.405 e. The Kier molecular flexibility index (Phi) is 4.32. The van der Waals surface area contributed by atoms with Gasteiger partial charge in [-0.1, -0.05) is 0 Å². The van der Waals surface area contributed by atoms with Crippen LogP contribution in [0, 0.1) is 11.8 Å². The number of rotatable bonds is 1. The van der Waals surface area contributed by atoms with Gasteiger partial charge in [-0.2, -0.15) is 0 Å². The zero-order chi connectivity index (χ0) is 8.69. The molecular formula is C6H7NO4. The Balaban J connectivity index is 3.56. The lowest BCUT2D eigenvalue weighted by atomic mass is 10.6. The molecule has 0 aliphatic carbocycles. The summed E-state index contributed by atoms with van der Waals surface area (Å²) in [5.41, 5.74) is 4.60. The summed E-state index contributed by atoms with van der Waals surface area (Å²) in [5, 5.41) is 0. The molecule has 5 nitrogen and oxygen atoms in total. The summed E-state index contributed by atoms with van der Waals surface area (Å²) in [6.07, 6.45) is -0.927. The molecule has 0 saturated carbocycles. The molecule has 0 aromatic carbocycles. The second kappa shape index (κ2) is 5.11. The SMILES string of the molecule is COC(=O)C#CCOC(N)=O. The molecule has 0 spiro atoms. The first kappa shape index (κ1) is 9.30. The van der Waals surface area contributed by atoms with Crippen molar-refractivity contribution in [3.8, 4) is 11.8 Å². The number of carbonyl (C=O) groups is 2. The number of ether oxygens (including phenoxy) is 2. The first-order valence-corrected chi connectivity index (χ1v) is 2.66. The molecule has 0 aromatic rings. The van der Waals surface area contributed by atoms with Crippen LogP contribution in [0.25, 0.3) is 0 Å². The van der Waals surface area contributed by atoms with E-state index in [4.69, 9.17) is 0 Å². The number of nitrogens with two attached hydrogens (primary N) is 1. The summed E-state index contributed by atoms with van der Waals surface area (Å²) in [6, 6.07) is 0. The van der Waals surface area contributed by atoms with E-state index >= 15 is 0 Å². The average Bonchev–Trinajstić information content (AvgIpc) is 1.97. The lowest BCUT2D eigenvalue weighted by Gasteiger charge is -1.90. The summed E-state index contributed by atoms with van der Waals surface area (Å²) in [6.45, 7) is -0.204. The van der Waals surface area contributed by atoms with E-state index in [1.54, 1.807) is 0 Å². The van der Waals surface area contributed by atoms with Crippen LogP contribution in [0.5, 0.6) is 0 Å². The number of primary amides is 1. The van der Waals surface area contributed by atoms with E-state index in [9.17, 15) is 9.59 Å². The monoisotopic (exact) mass is 157 g/mol. The van der Waals surface area contributed by atoms with Gasteiger partial charge in [0.25, 0.3) is 0 Å². The Hall–Kier alpha value is -1.70. The molecule has 5 heteroatoms.